The van der Waals surface area contributed by atoms with Crippen molar-refractivity contribution in [2.45, 2.75) is 43.9 Å². The van der Waals surface area contributed by atoms with E-state index in [0.717, 1.165) is 25.2 Å². The van der Waals surface area contributed by atoms with E-state index in [2.05, 4.69) is 39.1 Å². The van der Waals surface area contributed by atoms with Crippen molar-refractivity contribution < 1.29 is 20.1 Å². The van der Waals surface area contributed by atoms with Crippen LogP contribution >= 0.6 is 0 Å². The number of anilines is 1. The van der Waals surface area contributed by atoms with E-state index in [1.54, 1.807) is 17.1 Å². The second-order valence-electron chi connectivity index (χ2n) is 7.97. The van der Waals surface area contributed by atoms with Crippen LogP contribution in [0.25, 0.3) is 11.2 Å². The van der Waals surface area contributed by atoms with Gasteiger partial charge in [-0.2, -0.15) is 0 Å². The van der Waals surface area contributed by atoms with Crippen molar-refractivity contribution in [3.63, 3.8) is 0 Å². The maximum atomic E-state index is 10.8. The lowest BCUT2D eigenvalue weighted by Gasteiger charge is -2.31. The molecule has 2 aliphatic rings. The number of hydrogen-bond acceptors (Lipinski definition) is 7. The lowest BCUT2D eigenvalue weighted by molar-refractivity contribution is -0.0950. The molecule has 152 valence electrons. The molecule has 5 rings (SSSR count). The highest BCUT2D eigenvalue weighted by Gasteiger charge is 2.53. The van der Waals surface area contributed by atoms with Gasteiger partial charge in [-0.15, -0.1) is 0 Å². The summed E-state index contributed by atoms with van der Waals surface area (Å²) in [5.74, 6) is 0. The van der Waals surface area contributed by atoms with Crippen LogP contribution in [0, 0.1) is 0 Å². The van der Waals surface area contributed by atoms with Crippen molar-refractivity contribution in [2.24, 2.45) is 0 Å². The first-order valence-electron chi connectivity index (χ1n) is 9.80. The van der Waals surface area contributed by atoms with E-state index in [9.17, 15) is 15.3 Å². The summed E-state index contributed by atoms with van der Waals surface area (Å²) < 4.78 is 7.38. The molecule has 2 aromatic heterocycles. The summed E-state index contributed by atoms with van der Waals surface area (Å²) >= 11 is 0. The molecule has 3 N–H and O–H groups in total. The molecule has 29 heavy (non-hydrogen) atoms. The Bertz CT molecular complexity index is 1050. The predicted molar refractivity (Wildman–Crippen MR) is 106 cm³/mol. The third-order valence-corrected chi connectivity index (χ3v) is 6.10. The normalized spacial score (nSPS) is 29.4. The van der Waals surface area contributed by atoms with Crippen LogP contribution in [-0.2, 0) is 17.7 Å². The van der Waals surface area contributed by atoms with Gasteiger partial charge in [-0.25, -0.2) is 9.97 Å². The van der Waals surface area contributed by atoms with Crippen molar-refractivity contribution in [1.29, 1.82) is 0 Å². The van der Waals surface area contributed by atoms with Crippen molar-refractivity contribution in [3.05, 3.63) is 54.0 Å². The summed E-state index contributed by atoms with van der Waals surface area (Å²) in [7, 11) is 0. The first-order valence-corrected chi connectivity index (χ1v) is 9.80. The zero-order chi connectivity index (χ0) is 20.2. The van der Waals surface area contributed by atoms with E-state index in [4.69, 9.17) is 4.74 Å². The highest BCUT2D eigenvalue weighted by atomic mass is 16.6. The van der Waals surface area contributed by atoms with Gasteiger partial charge in [0.15, 0.2) is 11.9 Å². The Balaban J connectivity index is 1.53. The maximum Gasteiger partial charge on any atom is 0.168 e. The van der Waals surface area contributed by atoms with Gasteiger partial charge >= 0.3 is 0 Å². The van der Waals surface area contributed by atoms with E-state index in [1.807, 2.05) is 6.07 Å². The van der Waals surface area contributed by atoms with Crippen LogP contribution in [-0.4, -0.2) is 60.8 Å². The summed E-state index contributed by atoms with van der Waals surface area (Å²) in [6.45, 7) is 2.79. The Morgan fingerprint density at radius 1 is 1.21 bits per heavy atom. The van der Waals surface area contributed by atoms with Crippen LogP contribution in [0.4, 0.5) is 5.69 Å². The van der Waals surface area contributed by atoms with E-state index >= 15 is 0 Å². The van der Waals surface area contributed by atoms with Gasteiger partial charge in [0.2, 0.25) is 0 Å². The molecule has 1 saturated heterocycles. The number of nitrogens with zero attached hydrogens (tertiary/aromatic N) is 4. The molecule has 0 radical (unpaired) electrons. The molecule has 2 aliphatic heterocycles. The number of rotatable bonds is 3. The van der Waals surface area contributed by atoms with Crippen molar-refractivity contribution in [2.75, 3.05) is 18.1 Å². The highest BCUT2D eigenvalue weighted by Crippen LogP contribution is 2.40. The molecule has 3 aromatic rings. The van der Waals surface area contributed by atoms with Gasteiger partial charge in [0, 0.05) is 19.3 Å². The smallest absolute Gasteiger partial charge is 0.168 e. The number of aliphatic hydroxyl groups excluding tert-OH is 2. The molecule has 4 heterocycles. The zero-order valence-corrected chi connectivity index (χ0v) is 16.1. The van der Waals surface area contributed by atoms with Gasteiger partial charge in [-0.1, -0.05) is 24.3 Å². The lowest BCUT2D eigenvalue weighted by Crippen LogP contribution is -2.44. The fraction of sp³-hybridized carbons (Fsp3) is 0.429. The molecule has 1 aromatic carbocycles. The van der Waals surface area contributed by atoms with Gasteiger partial charge < -0.3 is 25.0 Å². The molecule has 4 atom stereocenters. The van der Waals surface area contributed by atoms with Gasteiger partial charge in [-0.05, 0) is 30.5 Å². The molecule has 0 amide bonds. The van der Waals surface area contributed by atoms with Crippen LogP contribution in [0.15, 0.2) is 42.9 Å². The van der Waals surface area contributed by atoms with Gasteiger partial charge in [0.25, 0.3) is 0 Å². The van der Waals surface area contributed by atoms with Crippen molar-refractivity contribution >= 4 is 16.9 Å². The Hall–Kier alpha value is -2.52. The van der Waals surface area contributed by atoms with E-state index in [0.29, 0.717) is 11.2 Å². The number of aromatic nitrogens is 3. The third-order valence-electron chi connectivity index (χ3n) is 6.10. The Morgan fingerprint density at radius 3 is 2.76 bits per heavy atom. The molecular formula is C21H24N4O4. The van der Waals surface area contributed by atoms with E-state index < -0.39 is 24.0 Å². The van der Waals surface area contributed by atoms with Crippen LogP contribution in [0.2, 0.25) is 0 Å². The average molecular weight is 396 g/mol. The monoisotopic (exact) mass is 396 g/mol. The fourth-order valence-corrected chi connectivity index (χ4v) is 4.44. The summed E-state index contributed by atoms with van der Waals surface area (Å²) in [4.78, 5) is 11.3. The quantitative estimate of drug-likeness (QED) is 0.607. The molecule has 0 bridgehead atoms. The standard InChI is InChI=1S/C21H24N4O4/c1-21(28)18(27)16(11-26)29-20(21)25-12-23-17-15(6-8-22-19(17)25)24-9-7-13-4-2-3-5-14(13)10-24/h2-6,8,12,16,18,20,26-28H,7,9-11H2,1H3/t16-,18-,20-,21-/m1/s1. The lowest BCUT2D eigenvalue weighted by atomic mass is 9.96. The molecule has 0 saturated carbocycles. The van der Waals surface area contributed by atoms with E-state index in [1.165, 1.54) is 18.1 Å². The molecule has 0 aliphatic carbocycles. The number of imidazole rings is 1. The van der Waals surface area contributed by atoms with Crippen LogP contribution in [0.5, 0.6) is 0 Å². The molecule has 0 spiro atoms. The predicted octanol–water partition coefficient (Wildman–Crippen LogP) is 0.996. The van der Waals surface area contributed by atoms with Gasteiger partial charge in [0.05, 0.1) is 18.6 Å². The minimum Gasteiger partial charge on any atom is -0.394 e. The van der Waals surface area contributed by atoms with E-state index in [-0.39, 0.29) is 6.61 Å². The number of benzene rings is 1. The van der Waals surface area contributed by atoms with Crippen molar-refractivity contribution in [3.8, 4) is 0 Å². The maximum absolute atomic E-state index is 10.8. The second kappa shape index (κ2) is 6.77. The van der Waals surface area contributed by atoms with Gasteiger partial charge in [0.1, 0.15) is 23.3 Å². The van der Waals surface area contributed by atoms with Crippen molar-refractivity contribution in [1.82, 2.24) is 14.5 Å². The number of aliphatic hydroxyl groups is 3. The minimum atomic E-state index is -1.58. The number of ether oxygens (including phenoxy) is 1. The molecule has 1 fully saturated rings. The summed E-state index contributed by atoms with van der Waals surface area (Å²) in [6, 6.07) is 10.4. The Morgan fingerprint density at radius 2 is 2.00 bits per heavy atom. The van der Waals surface area contributed by atoms with Gasteiger partial charge in [-0.3, -0.25) is 4.57 Å². The SMILES string of the molecule is C[C@@]1(O)[C@H](O)[C@@H](CO)O[C@H]1n1cnc2c(N3CCc4ccccc4C3)ccnc21. The largest absolute Gasteiger partial charge is 0.394 e. The second-order valence-corrected chi connectivity index (χ2v) is 7.97. The molecule has 8 nitrogen and oxygen atoms in total. The number of fused-ring (bicyclic) bond motifs is 2. The summed E-state index contributed by atoms with van der Waals surface area (Å²) in [6.07, 6.45) is 1.28. The fourth-order valence-electron chi connectivity index (χ4n) is 4.44. The topological polar surface area (TPSA) is 104 Å². The summed E-state index contributed by atoms with van der Waals surface area (Å²) in [5.41, 5.74) is 3.35. The number of pyridine rings is 1. The summed E-state index contributed by atoms with van der Waals surface area (Å²) in [5, 5.41) is 30.6. The van der Waals surface area contributed by atoms with Crippen LogP contribution in [0.1, 0.15) is 24.3 Å². The van der Waals surface area contributed by atoms with Crippen LogP contribution < -0.4 is 4.90 Å². The zero-order valence-electron chi connectivity index (χ0n) is 16.1. The Labute approximate surface area is 168 Å². The minimum absolute atomic E-state index is 0.383. The molecule has 8 heteroatoms. The third kappa shape index (κ3) is 2.83. The highest BCUT2D eigenvalue weighted by molar-refractivity contribution is 5.86. The Kier molecular flexibility index (Phi) is 4.32. The molecular weight excluding hydrogens is 372 g/mol. The van der Waals surface area contributed by atoms with Crippen LogP contribution in [0.3, 0.4) is 0 Å². The first-order chi connectivity index (χ1) is 14.0. The first kappa shape index (κ1) is 18.5. The molecule has 0 unspecified atom stereocenters. The number of hydrogen-bond donors (Lipinski definition) is 3. The average Bonchev–Trinajstić information content (AvgIpc) is 3.26.